The molecule has 2 fully saturated rings. The Hall–Kier alpha value is -0.860. The molecule has 0 radical (unpaired) electrons. The molecule has 0 bridgehead atoms. The van der Waals surface area contributed by atoms with Crippen molar-refractivity contribution in [3.63, 3.8) is 0 Å². The first-order chi connectivity index (χ1) is 9.40. The fourth-order valence-corrected chi connectivity index (χ4v) is 3.03. The first-order valence-corrected chi connectivity index (χ1v) is 7.90. The Morgan fingerprint density at radius 3 is 2.68 bits per heavy atom. The second-order valence-electron chi connectivity index (χ2n) is 6.27. The van der Waals surface area contributed by atoms with Crippen LogP contribution < -0.4 is 5.32 Å². The zero-order valence-electron chi connectivity index (χ0n) is 11.9. The van der Waals surface area contributed by atoms with E-state index in [0.29, 0.717) is 6.04 Å². The average Bonchev–Trinajstić information content (AvgIpc) is 3.25. The van der Waals surface area contributed by atoms with Crippen molar-refractivity contribution < 1.29 is 0 Å². The van der Waals surface area contributed by atoms with E-state index < -0.39 is 0 Å². The molecular formula is C17H26N2. The van der Waals surface area contributed by atoms with E-state index in [-0.39, 0.29) is 0 Å². The van der Waals surface area contributed by atoms with Crippen LogP contribution in [0.5, 0.6) is 0 Å². The van der Waals surface area contributed by atoms with E-state index in [0.717, 1.165) is 12.5 Å². The fraction of sp³-hybridized carbons (Fsp3) is 0.647. The van der Waals surface area contributed by atoms with Crippen LogP contribution in [0.25, 0.3) is 0 Å². The molecule has 1 atom stereocenters. The van der Waals surface area contributed by atoms with Gasteiger partial charge in [0.1, 0.15) is 0 Å². The SMILES string of the molecule is c1ccc(CN2CCCCC(NCC3CC3)C2)cc1. The van der Waals surface area contributed by atoms with Crippen molar-refractivity contribution in [1.82, 2.24) is 10.2 Å². The second kappa shape index (κ2) is 6.53. The van der Waals surface area contributed by atoms with Gasteiger partial charge in [-0.05, 0) is 50.3 Å². The van der Waals surface area contributed by atoms with Gasteiger partial charge in [-0.25, -0.2) is 0 Å². The third-order valence-corrected chi connectivity index (χ3v) is 4.40. The monoisotopic (exact) mass is 258 g/mol. The molecule has 1 saturated carbocycles. The predicted octanol–water partition coefficient (Wildman–Crippen LogP) is 3.04. The summed E-state index contributed by atoms with van der Waals surface area (Å²) in [7, 11) is 0. The van der Waals surface area contributed by atoms with Crippen molar-refractivity contribution in [3.8, 4) is 0 Å². The highest BCUT2D eigenvalue weighted by molar-refractivity contribution is 5.14. The summed E-state index contributed by atoms with van der Waals surface area (Å²) in [6.45, 7) is 4.85. The topological polar surface area (TPSA) is 15.3 Å². The lowest BCUT2D eigenvalue weighted by atomic mass is 10.1. The normalized spacial score (nSPS) is 25.2. The van der Waals surface area contributed by atoms with Crippen molar-refractivity contribution in [1.29, 1.82) is 0 Å². The first kappa shape index (κ1) is 13.1. The van der Waals surface area contributed by atoms with Crippen LogP contribution in [0.4, 0.5) is 0 Å². The van der Waals surface area contributed by atoms with E-state index in [1.165, 1.54) is 57.3 Å². The average molecular weight is 258 g/mol. The predicted molar refractivity (Wildman–Crippen MR) is 80.1 cm³/mol. The van der Waals surface area contributed by atoms with Gasteiger partial charge in [-0.3, -0.25) is 4.90 Å². The van der Waals surface area contributed by atoms with Crippen LogP contribution >= 0.6 is 0 Å². The Balaban J connectivity index is 1.51. The highest BCUT2D eigenvalue weighted by atomic mass is 15.2. The summed E-state index contributed by atoms with van der Waals surface area (Å²) >= 11 is 0. The van der Waals surface area contributed by atoms with Crippen LogP contribution in [0.2, 0.25) is 0 Å². The molecule has 1 saturated heterocycles. The minimum absolute atomic E-state index is 0.715. The highest BCUT2D eigenvalue weighted by Crippen LogP contribution is 2.28. The van der Waals surface area contributed by atoms with Gasteiger partial charge in [-0.2, -0.15) is 0 Å². The van der Waals surface area contributed by atoms with Gasteiger partial charge in [0.05, 0.1) is 0 Å². The van der Waals surface area contributed by atoms with Crippen LogP contribution in [-0.2, 0) is 6.54 Å². The zero-order valence-corrected chi connectivity index (χ0v) is 11.9. The Labute approximate surface area is 117 Å². The Bertz CT molecular complexity index is 372. The molecule has 0 amide bonds. The van der Waals surface area contributed by atoms with Gasteiger partial charge in [-0.15, -0.1) is 0 Å². The summed E-state index contributed by atoms with van der Waals surface area (Å²) in [5, 5.41) is 3.80. The van der Waals surface area contributed by atoms with Gasteiger partial charge in [0.2, 0.25) is 0 Å². The van der Waals surface area contributed by atoms with Crippen molar-refractivity contribution >= 4 is 0 Å². The standard InChI is InChI=1S/C17H26N2/c1-2-6-16(7-3-1)13-19-11-5-4-8-17(14-19)18-12-15-9-10-15/h1-3,6-7,15,17-18H,4-5,8-14H2. The second-order valence-corrected chi connectivity index (χ2v) is 6.27. The molecule has 0 aromatic heterocycles. The smallest absolute Gasteiger partial charge is 0.0234 e. The number of benzene rings is 1. The third-order valence-electron chi connectivity index (χ3n) is 4.40. The molecule has 0 spiro atoms. The van der Waals surface area contributed by atoms with E-state index in [1.54, 1.807) is 0 Å². The molecule has 1 aliphatic carbocycles. The number of likely N-dealkylation sites (tertiary alicyclic amines) is 1. The Kier molecular flexibility index (Phi) is 4.52. The zero-order chi connectivity index (χ0) is 12.9. The van der Waals surface area contributed by atoms with E-state index >= 15 is 0 Å². The maximum atomic E-state index is 3.80. The Morgan fingerprint density at radius 1 is 1.05 bits per heavy atom. The molecular weight excluding hydrogens is 232 g/mol. The summed E-state index contributed by atoms with van der Waals surface area (Å²) < 4.78 is 0. The van der Waals surface area contributed by atoms with E-state index in [2.05, 4.69) is 40.5 Å². The van der Waals surface area contributed by atoms with Crippen LogP contribution in [-0.4, -0.2) is 30.6 Å². The molecule has 1 aromatic rings. The molecule has 1 heterocycles. The third kappa shape index (κ3) is 4.32. The molecule has 104 valence electrons. The molecule has 2 heteroatoms. The van der Waals surface area contributed by atoms with Gasteiger partial charge in [0, 0.05) is 19.1 Å². The molecule has 2 nitrogen and oxygen atoms in total. The fourth-order valence-electron chi connectivity index (χ4n) is 3.03. The lowest BCUT2D eigenvalue weighted by molar-refractivity contribution is 0.250. The van der Waals surface area contributed by atoms with E-state index in [9.17, 15) is 0 Å². The molecule has 19 heavy (non-hydrogen) atoms. The van der Waals surface area contributed by atoms with Crippen molar-refractivity contribution in [2.24, 2.45) is 5.92 Å². The Morgan fingerprint density at radius 2 is 1.89 bits per heavy atom. The maximum Gasteiger partial charge on any atom is 0.0234 e. The van der Waals surface area contributed by atoms with Crippen molar-refractivity contribution in [3.05, 3.63) is 35.9 Å². The molecule has 1 unspecified atom stereocenters. The van der Waals surface area contributed by atoms with Crippen LogP contribution in [0.15, 0.2) is 30.3 Å². The van der Waals surface area contributed by atoms with Crippen molar-refractivity contribution in [2.45, 2.75) is 44.7 Å². The quantitative estimate of drug-likeness (QED) is 0.873. The van der Waals surface area contributed by atoms with Gasteiger partial charge >= 0.3 is 0 Å². The molecule has 1 aromatic carbocycles. The van der Waals surface area contributed by atoms with E-state index in [4.69, 9.17) is 0 Å². The van der Waals surface area contributed by atoms with Gasteiger partial charge < -0.3 is 5.32 Å². The number of hydrogen-bond donors (Lipinski definition) is 1. The summed E-state index contributed by atoms with van der Waals surface area (Å²) in [5.74, 6) is 0.992. The van der Waals surface area contributed by atoms with Gasteiger partial charge in [0.25, 0.3) is 0 Å². The summed E-state index contributed by atoms with van der Waals surface area (Å²) in [4.78, 5) is 2.63. The molecule has 3 rings (SSSR count). The van der Waals surface area contributed by atoms with Crippen molar-refractivity contribution in [2.75, 3.05) is 19.6 Å². The first-order valence-electron chi connectivity index (χ1n) is 7.90. The lowest BCUT2D eigenvalue weighted by Gasteiger charge is -2.25. The van der Waals surface area contributed by atoms with E-state index in [1.807, 2.05) is 0 Å². The highest BCUT2D eigenvalue weighted by Gasteiger charge is 2.24. The van der Waals surface area contributed by atoms with Gasteiger partial charge in [0.15, 0.2) is 0 Å². The lowest BCUT2D eigenvalue weighted by Crippen LogP contribution is -2.40. The van der Waals surface area contributed by atoms with Crippen LogP contribution in [0.3, 0.4) is 0 Å². The largest absolute Gasteiger partial charge is 0.312 e. The summed E-state index contributed by atoms with van der Waals surface area (Å²) in [5.41, 5.74) is 1.45. The minimum Gasteiger partial charge on any atom is -0.312 e. The number of nitrogens with one attached hydrogen (secondary N) is 1. The molecule has 1 N–H and O–H groups in total. The number of nitrogens with zero attached hydrogens (tertiary/aromatic N) is 1. The van der Waals surface area contributed by atoms with Crippen LogP contribution in [0, 0.1) is 5.92 Å². The molecule has 1 aliphatic heterocycles. The summed E-state index contributed by atoms with van der Waals surface area (Å²) in [6.07, 6.45) is 7.00. The van der Waals surface area contributed by atoms with Gasteiger partial charge in [-0.1, -0.05) is 36.8 Å². The minimum atomic E-state index is 0.715. The molecule has 2 aliphatic rings. The maximum absolute atomic E-state index is 3.80. The van der Waals surface area contributed by atoms with Crippen LogP contribution in [0.1, 0.15) is 37.7 Å². The number of hydrogen-bond acceptors (Lipinski definition) is 2. The number of rotatable bonds is 5. The summed E-state index contributed by atoms with van der Waals surface area (Å²) in [6, 6.07) is 11.6.